The quantitative estimate of drug-likeness (QED) is 0.329. The number of hydrogen-bond acceptors (Lipinski definition) is 5. The fraction of sp³-hybridized carbons (Fsp3) is 0.444. The van der Waals surface area contributed by atoms with Gasteiger partial charge in [-0.15, -0.1) is 10.2 Å². The minimum absolute atomic E-state index is 0.823. The lowest BCUT2D eigenvalue weighted by molar-refractivity contribution is 0.745. The fourth-order valence-corrected chi connectivity index (χ4v) is 4.16. The van der Waals surface area contributed by atoms with Crippen molar-refractivity contribution in [2.45, 2.75) is 53.4 Å². The zero-order valence-electron chi connectivity index (χ0n) is 20.1. The fourth-order valence-electron chi connectivity index (χ4n) is 4.16. The topological polar surface area (TPSA) is 45.2 Å². The number of rotatable bonds is 12. The van der Waals surface area contributed by atoms with Crippen molar-refractivity contribution in [1.29, 1.82) is 0 Å². The highest BCUT2D eigenvalue weighted by atomic mass is 15.1. The maximum Gasteiger partial charge on any atom is 0.138 e. The molecule has 0 saturated carbocycles. The zero-order valence-corrected chi connectivity index (χ0v) is 20.1. The third-order valence-corrected chi connectivity index (χ3v) is 5.61. The van der Waals surface area contributed by atoms with Crippen molar-refractivity contribution >= 4 is 11.4 Å². The normalized spacial score (nSPS) is 10.9. The maximum atomic E-state index is 4.59. The first kappa shape index (κ1) is 23.7. The monoisotopic (exact) mass is 431 g/mol. The molecule has 170 valence electrons. The summed E-state index contributed by atoms with van der Waals surface area (Å²) in [6.07, 6.45) is 6.11. The molecule has 5 nitrogen and oxygen atoms in total. The van der Waals surface area contributed by atoms with Gasteiger partial charge in [-0.3, -0.25) is 0 Å². The van der Waals surface area contributed by atoms with E-state index in [4.69, 9.17) is 0 Å². The lowest BCUT2D eigenvalue weighted by atomic mass is 10.0. The van der Waals surface area contributed by atoms with Gasteiger partial charge in [0, 0.05) is 48.7 Å². The van der Waals surface area contributed by atoms with Gasteiger partial charge in [0.1, 0.15) is 17.7 Å². The lowest BCUT2D eigenvalue weighted by Crippen LogP contribution is -2.24. The molecule has 1 aromatic heterocycles. The van der Waals surface area contributed by atoms with Crippen LogP contribution in [0.2, 0.25) is 0 Å². The molecule has 0 N–H and O–H groups in total. The van der Waals surface area contributed by atoms with Crippen molar-refractivity contribution in [3.05, 3.63) is 54.9 Å². The SMILES string of the molecule is CCCN(CCC)c1ccc(-c2ncnnc2-c2ccc(N(CCC)CCC)cc2)cc1. The average molecular weight is 432 g/mol. The van der Waals surface area contributed by atoms with E-state index in [1.807, 2.05) is 0 Å². The molecule has 0 saturated heterocycles. The van der Waals surface area contributed by atoms with Crippen LogP contribution in [0.15, 0.2) is 54.9 Å². The first-order valence-corrected chi connectivity index (χ1v) is 12.1. The highest BCUT2D eigenvalue weighted by Crippen LogP contribution is 2.30. The molecule has 0 fully saturated rings. The van der Waals surface area contributed by atoms with Gasteiger partial charge >= 0.3 is 0 Å². The van der Waals surface area contributed by atoms with E-state index in [1.165, 1.54) is 17.7 Å². The van der Waals surface area contributed by atoms with Crippen LogP contribution in [0.25, 0.3) is 22.5 Å². The molecule has 0 aliphatic carbocycles. The van der Waals surface area contributed by atoms with Crippen molar-refractivity contribution in [1.82, 2.24) is 15.2 Å². The van der Waals surface area contributed by atoms with Crippen molar-refractivity contribution in [2.75, 3.05) is 36.0 Å². The van der Waals surface area contributed by atoms with Crippen molar-refractivity contribution in [3.63, 3.8) is 0 Å². The number of benzene rings is 2. The van der Waals surface area contributed by atoms with E-state index in [0.717, 1.165) is 74.4 Å². The van der Waals surface area contributed by atoms with E-state index in [9.17, 15) is 0 Å². The van der Waals surface area contributed by atoms with E-state index in [2.05, 4.69) is 101 Å². The maximum absolute atomic E-state index is 4.59. The molecular weight excluding hydrogens is 394 g/mol. The number of nitrogens with zero attached hydrogens (tertiary/aromatic N) is 5. The van der Waals surface area contributed by atoms with E-state index in [-0.39, 0.29) is 0 Å². The average Bonchev–Trinajstić information content (AvgIpc) is 2.84. The second kappa shape index (κ2) is 12.2. The van der Waals surface area contributed by atoms with Crippen LogP contribution >= 0.6 is 0 Å². The summed E-state index contributed by atoms with van der Waals surface area (Å²) >= 11 is 0. The standard InChI is InChI=1S/C27H37N5/c1-5-17-31(18-6-2)24-13-9-22(10-14-24)26-27(30-29-21-28-26)23-11-15-25(16-12-23)32(19-7-3)20-8-4/h9-16,21H,5-8,17-20H2,1-4H3. The molecule has 0 spiro atoms. The molecule has 0 radical (unpaired) electrons. The molecule has 0 bridgehead atoms. The highest BCUT2D eigenvalue weighted by molar-refractivity contribution is 5.78. The van der Waals surface area contributed by atoms with Crippen molar-refractivity contribution in [3.8, 4) is 22.5 Å². The second-order valence-corrected chi connectivity index (χ2v) is 8.23. The van der Waals surface area contributed by atoms with Gasteiger partial charge in [0.05, 0.1) is 0 Å². The zero-order chi connectivity index (χ0) is 22.8. The van der Waals surface area contributed by atoms with Gasteiger partial charge in [0.25, 0.3) is 0 Å². The molecule has 0 amide bonds. The smallest absolute Gasteiger partial charge is 0.138 e. The molecule has 0 unspecified atom stereocenters. The van der Waals surface area contributed by atoms with Crippen LogP contribution in [0.3, 0.4) is 0 Å². The summed E-state index contributed by atoms with van der Waals surface area (Å²) in [7, 11) is 0. The van der Waals surface area contributed by atoms with Gasteiger partial charge in [-0.25, -0.2) is 4.98 Å². The Morgan fingerprint density at radius 3 is 1.38 bits per heavy atom. The summed E-state index contributed by atoms with van der Waals surface area (Å²) < 4.78 is 0. The molecule has 3 rings (SSSR count). The number of aromatic nitrogens is 3. The Hall–Kier alpha value is -2.95. The van der Waals surface area contributed by atoms with Crippen molar-refractivity contribution < 1.29 is 0 Å². The van der Waals surface area contributed by atoms with Gasteiger partial charge in [0.15, 0.2) is 0 Å². The minimum Gasteiger partial charge on any atom is -0.372 e. The highest BCUT2D eigenvalue weighted by Gasteiger charge is 2.13. The molecule has 0 aliphatic heterocycles. The summed E-state index contributed by atoms with van der Waals surface area (Å²) in [5.74, 6) is 0. The number of anilines is 2. The van der Waals surface area contributed by atoms with Crippen LogP contribution in [0.5, 0.6) is 0 Å². The molecule has 5 heteroatoms. The van der Waals surface area contributed by atoms with Crippen molar-refractivity contribution in [2.24, 2.45) is 0 Å². The summed E-state index contributed by atoms with van der Waals surface area (Å²) in [6.45, 7) is 13.2. The van der Waals surface area contributed by atoms with Crippen LogP contribution < -0.4 is 9.80 Å². The Bertz CT molecular complexity index is 847. The molecule has 0 atom stereocenters. The van der Waals surface area contributed by atoms with Crippen LogP contribution in [0.4, 0.5) is 11.4 Å². The Morgan fingerprint density at radius 1 is 0.562 bits per heavy atom. The van der Waals surface area contributed by atoms with Crippen LogP contribution in [-0.2, 0) is 0 Å². The van der Waals surface area contributed by atoms with Gasteiger partial charge in [-0.1, -0.05) is 52.0 Å². The van der Waals surface area contributed by atoms with E-state index < -0.39 is 0 Å². The molecule has 2 aromatic carbocycles. The van der Waals surface area contributed by atoms with Gasteiger partial charge < -0.3 is 9.80 Å². The van der Waals surface area contributed by atoms with E-state index in [1.54, 1.807) is 0 Å². The van der Waals surface area contributed by atoms with Gasteiger partial charge in [-0.05, 0) is 49.9 Å². The summed E-state index contributed by atoms with van der Waals surface area (Å²) in [5.41, 5.74) is 6.32. The lowest BCUT2D eigenvalue weighted by Gasteiger charge is -2.24. The Balaban J connectivity index is 1.87. The molecular formula is C27H37N5. The molecule has 0 aliphatic rings. The third kappa shape index (κ3) is 5.84. The Kier molecular flexibility index (Phi) is 9.02. The van der Waals surface area contributed by atoms with Crippen LogP contribution in [0.1, 0.15) is 53.4 Å². The summed E-state index contributed by atoms with van der Waals surface area (Å²) in [4.78, 5) is 9.48. The van der Waals surface area contributed by atoms with Crippen LogP contribution in [-0.4, -0.2) is 41.4 Å². The van der Waals surface area contributed by atoms with Gasteiger partial charge in [-0.2, -0.15) is 0 Å². The molecule has 32 heavy (non-hydrogen) atoms. The Labute approximate surface area is 193 Å². The Morgan fingerprint density at radius 2 is 0.969 bits per heavy atom. The molecule has 1 heterocycles. The number of hydrogen-bond donors (Lipinski definition) is 0. The summed E-state index contributed by atoms with van der Waals surface area (Å²) in [6, 6.07) is 17.4. The van der Waals surface area contributed by atoms with E-state index in [0.29, 0.717) is 0 Å². The molecule has 3 aromatic rings. The first-order valence-electron chi connectivity index (χ1n) is 12.1. The predicted octanol–water partition coefficient (Wildman–Crippen LogP) is 6.46. The summed E-state index contributed by atoms with van der Waals surface area (Å²) in [5, 5.41) is 8.53. The second-order valence-electron chi connectivity index (χ2n) is 8.23. The minimum atomic E-state index is 0.823. The van der Waals surface area contributed by atoms with Crippen LogP contribution in [0, 0.1) is 0 Å². The largest absolute Gasteiger partial charge is 0.372 e. The van der Waals surface area contributed by atoms with E-state index >= 15 is 0 Å². The first-order chi connectivity index (χ1) is 15.7. The van der Waals surface area contributed by atoms with Gasteiger partial charge in [0.2, 0.25) is 0 Å². The third-order valence-electron chi connectivity index (χ3n) is 5.61. The predicted molar refractivity (Wildman–Crippen MR) is 136 cm³/mol.